The lowest BCUT2D eigenvalue weighted by Crippen LogP contribution is -2.22. The summed E-state index contributed by atoms with van der Waals surface area (Å²) in [5.74, 6) is 1.43. The average molecular weight is 348 g/mol. The minimum absolute atomic E-state index is 0.167. The Labute approximate surface area is 150 Å². The molecule has 1 aromatic carbocycles. The van der Waals surface area contributed by atoms with E-state index < -0.39 is 6.11 Å². The molecule has 1 heterocycles. The zero-order valence-corrected chi connectivity index (χ0v) is 15.3. The molecule has 3 heteroatoms. The lowest BCUT2D eigenvalue weighted by atomic mass is 9.76. The molecule has 0 bridgehead atoms. The molecule has 0 amide bonds. The van der Waals surface area contributed by atoms with E-state index in [1.54, 1.807) is 0 Å². The van der Waals surface area contributed by atoms with Crippen LogP contribution in [-0.2, 0) is 11.2 Å². The van der Waals surface area contributed by atoms with Crippen LogP contribution in [0, 0.1) is 5.92 Å². The van der Waals surface area contributed by atoms with Crippen molar-refractivity contribution in [1.82, 2.24) is 0 Å². The molecular weight excluding hydrogens is 318 g/mol. The van der Waals surface area contributed by atoms with Crippen molar-refractivity contribution < 1.29 is 13.5 Å². The Balaban J connectivity index is 1.42. The van der Waals surface area contributed by atoms with Gasteiger partial charge in [-0.2, -0.15) is 8.78 Å². The van der Waals surface area contributed by atoms with Crippen molar-refractivity contribution in [3.63, 3.8) is 0 Å². The summed E-state index contributed by atoms with van der Waals surface area (Å²) in [5, 5.41) is 0. The Morgan fingerprint density at radius 3 is 2.36 bits per heavy atom. The molecule has 0 N–H and O–H groups in total. The van der Waals surface area contributed by atoms with Crippen LogP contribution < -0.4 is 0 Å². The first-order valence-corrected chi connectivity index (χ1v) is 9.88. The highest BCUT2D eigenvalue weighted by molar-refractivity contribution is 5.25. The van der Waals surface area contributed by atoms with Crippen LogP contribution in [-0.4, -0.2) is 6.11 Å². The summed E-state index contributed by atoms with van der Waals surface area (Å²) >= 11 is 0. The molecule has 1 aromatic rings. The van der Waals surface area contributed by atoms with Crippen LogP contribution in [0.5, 0.6) is 0 Å². The second-order valence-electron chi connectivity index (χ2n) is 7.78. The maximum Gasteiger partial charge on any atom is 0.397 e. The Morgan fingerprint density at radius 2 is 1.76 bits per heavy atom. The van der Waals surface area contributed by atoms with Crippen molar-refractivity contribution in [2.24, 2.45) is 5.92 Å². The van der Waals surface area contributed by atoms with Gasteiger partial charge in [0, 0.05) is 0 Å². The van der Waals surface area contributed by atoms with Crippen molar-refractivity contribution >= 4 is 0 Å². The summed E-state index contributed by atoms with van der Waals surface area (Å²) in [6.07, 6.45) is 8.09. The predicted molar refractivity (Wildman–Crippen MR) is 97.7 cm³/mol. The summed E-state index contributed by atoms with van der Waals surface area (Å²) in [7, 11) is 0. The highest BCUT2D eigenvalue weighted by atomic mass is 19.3. The first kappa shape index (κ1) is 18.4. The second kappa shape index (κ2) is 8.33. The van der Waals surface area contributed by atoms with Crippen LogP contribution >= 0.6 is 0 Å². The fourth-order valence-electron chi connectivity index (χ4n) is 4.20. The van der Waals surface area contributed by atoms with Gasteiger partial charge in [0.15, 0.2) is 0 Å². The van der Waals surface area contributed by atoms with Crippen LogP contribution in [0.25, 0.3) is 0 Å². The number of ether oxygens (including phenoxy) is 1. The fourth-order valence-corrected chi connectivity index (χ4v) is 4.20. The minimum atomic E-state index is -2.95. The Bertz CT molecular complexity index is 568. The van der Waals surface area contributed by atoms with Gasteiger partial charge in [-0.1, -0.05) is 37.6 Å². The van der Waals surface area contributed by atoms with E-state index in [-0.39, 0.29) is 6.42 Å². The van der Waals surface area contributed by atoms with Gasteiger partial charge in [0.25, 0.3) is 0 Å². The number of halogens is 2. The largest absolute Gasteiger partial charge is 0.441 e. The van der Waals surface area contributed by atoms with Crippen molar-refractivity contribution in [2.45, 2.75) is 83.2 Å². The summed E-state index contributed by atoms with van der Waals surface area (Å²) in [6.45, 7) is 2.22. The number of hydrogen-bond donors (Lipinski definition) is 0. The third kappa shape index (κ3) is 5.29. The van der Waals surface area contributed by atoms with Crippen molar-refractivity contribution in [1.29, 1.82) is 0 Å². The molecule has 0 radical (unpaired) electrons. The molecule has 138 valence electrons. The monoisotopic (exact) mass is 348 g/mol. The third-order valence-corrected chi connectivity index (χ3v) is 5.85. The predicted octanol–water partition coefficient (Wildman–Crippen LogP) is 6.98. The Hall–Kier alpha value is -1.38. The van der Waals surface area contributed by atoms with E-state index in [4.69, 9.17) is 0 Å². The van der Waals surface area contributed by atoms with Gasteiger partial charge in [-0.15, -0.1) is 0 Å². The molecule has 0 unspecified atom stereocenters. The minimum Gasteiger partial charge on any atom is -0.441 e. The number of aryl methyl sites for hydroxylation is 1. The van der Waals surface area contributed by atoms with Gasteiger partial charge in [0.1, 0.15) is 0 Å². The molecule has 3 rings (SSSR count). The quantitative estimate of drug-likeness (QED) is 0.539. The highest BCUT2D eigenvalue weighted by Gasteiger charge is 2.33. The molecule has 0 saturated heterocycles. The molecule has 1 aliphatic carbocycles. The topological polar surface area (TPSA) is 9.23 Å². The van der Waals surface area contributed by atoms with Gasteiger partial charge in [-0.3, -0.25) is 0 Å². The summed E-state index contributed by atoms with van der Waals surface area (Å²) in [4.78, 5) is 0. The van der Waals surface area contributed by atoms with E-state index in [1.807, 2.05) is 0 Å². The lowest BCUT2D eigenvalue weighted by Gasteiger charge is -2.29. The maximum absolute atomic E-state index is 13.0. The summed E-state index contributed by atoms with van der Waals surface area (Å²) in [6, 6.07) is 9.22. The molecule has 2 aliphatic rings. The molecular formula is C22H30F2O. The maximum atomic E-state index is 13.0. The van der Waals surface area contributed by atoms with Crippen molar-refractivity contribution in [2.75, 3.05) is 0 Å². The first-order valence-electron chi connectivity index (χ1n) is 9.88. The zero-order valence-electron chi connectivity index (χ0n) is 15.3. The molecule has 0 atom stereocenters. The smallest absolute Gasteiger partial charge is 0.397 e. The first-order chi connectivity index (χ1) is 12.1. The number of alkyl halides is 2. The van der Waals surface area contributed by atoms with Gasteiger partial charge < -0.3 is 4.74 Å². The number of rotatable bonds is 6. The van der Waals surface area contributed by atoms with E-state index in [2.05, 4.69) is 35.9 Å². The normalized spacial score (nSPS) is 26.0. The number of benzene rings is 1. The Morgan fingerprint density at radius 1 is 1.04 bits per heavy atom. The molecule has 1 saturated carbocycles. The SMILES string of the molecule is CCCc1ccc(C2CCC(CCC3=COC(F)(F)CC3)CC2)cc1. The van der Waals surface area contributed by atoms with E-state index in [0.29, 0.717) is 12.3 Å². The molecule has 1 aliphatic heterocycles. The van der Waals surface area contributed by atoms with Gasteiger partial charge >= 0.3 is 6.11 Å². The van der Waals surface area contributed by atoms with E-state index >= 15 is 0 Å². The Kier molecular flexibility index (Phi) is 6.14. The van der Waals surface area contributed by atoms with Crippen LogP contribution in [0.2, 0.25) is 0 Å². The molecule has 1 nitrogen and oxygen atoms in total. The second-order valence-corrected chi connectivity index (χ2v) is 7.78. The van der Waals surface area contributed by atoms with Gasteiger partial charge in [-0.05, 0) is 79.9 Å². The van der Waals surface area contributed by atoms with Gasteiger partial charge in [-0.25, -0.2) is 0 Å². The van der Waals surface area contributed by atoms with E-state index in [1.165, 1.54) is 55.9 Å². The van der Waals surface area contributed by atoms with Crippen LogP contribution in [0.3, 0.4) is 0 Å². The number of allylic oxidation sites excluding steroid dienone is 1. The standard InChI is InChI=1S/C22H30F2O/c1-2-3-17-6-10-20(11-7-17)21-12-8-18(9-13-21)4-5-19-14-15-22(23,24)25-16-19/h6-7,10-11,16,18,21H,2-5,8-9,12-15H2,1H3. The lowest BCUT2D eigenvalue weighted by molar-refractivity contribution is -0.214. The van der Waals surface area contributed by atoms with Crippen LogP contribution in [0.4, 0.5) is 8.78 Å². The van der Waals surface area contributed by atoms with Crippen molar-refractivity contribution in [3.8, 4) is 0 Å². The van der Waals surface area contributed by atoms with Crippen LogP contribution in [0.15, 0.2) is 36.1 Å². The molecule has 25 heavy (non-hydrogen) atoms. The zero-order chi connectivity index (χ0) is 17.7. The van der Waals surface area contributed by atoms with Crippen LogP contribution in [0.1, 0.15) is 81.8 Å². The summed E-state index contributed by atoms with van der Waals surface area (Å²) < 4.78 is 30.5. The third-order valence-electron chi connectivity index (χ3n) is 5.85. The average Bonchev–Trinajstić information content (AvgIpc) is 2.62. The highest BCUT2D eigenvalue weighted by Crippen LogP contribution is 2.39. The summed E-state index contributed by atoms with van der Waals surface area (Å²) in [5.41, 5.74) is 3.98. The molecule has 1 fully saturated rings. The van der Waals surface area contributed by atoms with Gasteiger partial charge in [0.2, 0.25) is 0 Å². The molecule has 0 spiro atoms. The van der Waals surface area contributed by atoms with Crippen molar-refractivity contribution in [3.05, 3.63) is 47.2 Å². The van der Waals surface area contributed by atoms with E-state index in [9.17, 15) is 8.78 Å². The number of hydrogen-bond acceptors (Lipinski definition) is 1. The van der Waals surface area contributed by atoms with Gasteiger partial charge in [0.05, 0.1) is 12.7 Å². The molecule has 0 aromatic heterocycles. The van der Waals surface area contributed by atoms with E-state index in [0.717, 1.165) is 24.3 Å². The fraction of sp³-hybridized carbons (Fsp3) is 0.636.